The van der Waals surface area contributed by atoms with Gasteiger partial charge in [-0.3, -0.25) is 0 Å². The van der Waals surface area contributed by atoms with Crippen molar-refractivity contribution >= 4 is 0 Å². The summed E-state index contributed by atoms with van der Waals surface area (Å²) in [5.41, 5.74) is 0. The molecule has 88 valence electrons. The van der Waals surface area contributed by atoms with Gasteiger partial charge in [0.25, 0.3) is 0 Å². The summed E-state index contributed by atoms with van der Waals surface area (Å²) < 4.78 is 113. The van der Waals surface area contributed by atoms with Gasteiger partial charge in [-0.2, -0.15) is 43.9 Å². The van der Waals surface area contributed by atoms with Crippen molar-refractivity contribution in [2.45, 2.75) is 24.2 Å². The zero-order chi connectivity index (χ0) is 12.0. The summed E-state index contributed by atoms with van der Waals surface area (Å²) in [6.07, 6.45) is -13.9. The topological polar surface area (TPSA) is 0 Å². The van der Waals surface area contributed by atoms with E-state index in [4.69, 9.17) is 0 Å². The fraction of sp³-hybridized carbons (Fsp3) is 1.00. The molecule has 0 N–H and O–H groups in total. The maximum Gasteiger partial charge on any atom is 1.00 e. The van der Waals surface area contributed by atoms with Gasteiger partial charge in [0.05, 0.1) is 0 Å². The van der Waals surface area contributed by atoms with Crippen molar-refractivity contribution in [1.29, 1.82) is 0 Å². The number of rotatable bonds is 1. The summed E-state index contributed by atoms with van der Waals surface area (Å²) in [4.78, 5) is 0. The Labute approximate surface area is 89.3 Å². The molecule has 11 heteroatoms. The Morgan fingerprint density at radius 1 is 0.467 bits per heavy atom. The first-order valence-corrected chi connectivity index (χ1v) is 2.64. The molecular formula is C4HF10Li. The fourth-order valence-corrected chi connectivity index (χ4v) is 0.356. The third-order valence-electron chi connectivity index (χ3n) is 1.11. The van der Waals surface area contributed by atoms with Crippen LogP contribution >= 0.6 is 0 Å². The molecule has 0 rings (SSSR count). The van der Waals surface area contributed by atoms with E-state index in [1.807, 2.05) is 0 Å². The van der Waals surface area contributed by atoms with Crippen molar-refractivity contribution in [3.63, 3.8) is 0 Å². The second-order valence-corrected chi connectivity index (χ2v) is 2.14. The molecule has 0 radical (unpaired) electrons. The molecule has 0 bridgehead atoms. The Balaban J connectivity index is -0.000000845. The van der Waals surface area contributed by atoms with Crippen molar-refractivity contribution in [3.05, 3.63) is 0 Å². The Kier molecular flexibility index (Phi) is 4.67. The summed E-state index contributed by atoms with van der Waals surface area (Å²) >= 11 is 0. The van der Waals surface area contributed by atoms with E-state index in [1.54, 1.807) is 0 Å². The Morgan fingerprint density at radius 2 is 0.600 bits per heavy atom. The van der Waals surface area contributed by atoms with E-state index >= 15 is 0 Å². The summed E-state index contributed by atoms with van der Waals surface area (Å²) in [5.74, 6) is -14.3. The first-order valence-electron chi connectivity index (χ1n) is 2.64. The van der Waals surface area contributed by atoms with Gasteiger partial charge in [0, 0.05) is 0 Å². The van der Waals surface area contributed by atoms with Crippen LogP contribution in [0.2, 0.25) is 0 Å². The second kappa shape index (κ2) is 4.05. The van der Waals surface area contributed by atoms with Crippen LogP contribution in [0.15, 0.2) is 0 Å². The van der Waals surface area contributed by atoms with Crippen LogP contribution in [-0.4, -0.2) is 24.2 Å². The van der Waals surface area contributed by atoms with Crippen molar-refractivity contribution in [1.82, 2.24) is 0 Å². The molecule has 15 heavy (non-hydrogen) atoms. The van der Waals surface area contributed by atoms with Crippen LogP contribution in [0.1, 0.15) is 1.43 Å². The predicted molar refractivity (Wildman–Crippen MR) is 23.1 cm³/mol. The Hall–Kier alpha value is -0.103. The van der Waals surface area contributed by atoms with Crippen LogP contribution < -0.4 is 18.9 Å². The SMILES string of the molecule is FC(F)(F)C(F)(F)C(F)(F)C(F)(F)F.[H-].[Li+]. The molecule has 0 aliphatic heterocycles. The maximum atomic E-state index is 11.6. The van der Waals surface area contributed by atoms with E-state index in [-0.39, 0.29) is 20.3 Å². The molecule has 0 unspecified atom stereocenters. The van der Waals surface area contributed by atoms with Crippen molar-refractivity contribution < 1.29 is 64.2 Å². The Morgan fingerprint density at radius 3 is 0.667 bits per heavy atom. The normalized spacial score (nSPS) is 14.8. The van der Waals surface area contributed by atoms with Crippen LogP contribution in [-0.2, 0) is 0 Å². The molecule has 0 amide bonds. The van der Waals surface area contributed by atoms with E-state index in [0.29, 0.717) is 0 Å². The van der Waals surface area contributed by atoms with Gasteiger partial charge in [-0.15, -0.1) is 0 Å². The smallest absolute Gasteiger partial charge is 1.00 e. The average Bonchev–Trinajstić information content (AvgIpc) is 1.81. The summed E-state index contributed by atoms with van der Waals surface area (Å²) in [5, 5.41) is 0. The van der Waals surface area contributed by atoms with Gasteiger partial charge in [0.2, 0.25) is 0 Å². The molecule has 0 aliphatic carbocycles. The first kappa shape index (κ1) is 17.3. The molecule has 0 atom stereocenters. The quantitative estimate of drug-likeness (QED) is 0.466. The minimum atomic E-state index is -7.14. The predicted octanol–water partition coefficient (Wildman–Crippen LogP) is 0.498. The third kappa shape index (κ3) is 2.72. The van der Waals surface area contributed by atoms with Gasteiger partial charge in [-0.25, -0.2) is 0 Å². The molecule has 0 aromatic carbocycles. The molecular weight excluding hydrogens is 245 g/mol. The van der Waals surface area contributed by atoms with Crippen molar-refractivity contribution in [3.8, 4) is 0 Å². The standard InChI is InChI=1S/C4F10.Li.H/c5-1(6,3(9,10)11)2(7,8)4(12,13)14;;/q;+1;-1. The molecule has 0 nitrogen and oxygen atoms in total. The van der Waals surface area contributed by atoms with Crippen LogP contribution in [0, 0.1) is 0 Å². The van der Waals surface area contributed by atoms with Crippen molar-refractivity contribution in [2.24, 2.45) is 0 Å². The summed E-state index contributed by atoms with van der Waals surface area (Å²) in [6, 6.07) is 0. The van der Waals surface area contributed by atoms with E-state index in [9.17, 15) is 43.9 Å². The zero-order valence-electron chi connectivity index (χ0n) is 7.78. The van der Waals surface area contributed by atoms with Crippen molar-refractivity contribution in [2.75, 3.05) is 0 Å². The molecule has 0 spiro atoms. The fourth-order valence-electron chi connectivity index (χ4n) is 0.356. The van der Waals surface area contributed by atoms with E-state index in [2.05, 4.69) is 0 Å². The summed E-state index contributed by atoms with van der Waals surface area (Å²) in [7, 11) is 0. The van der Waals surface area contributed by atoms with Gasteiger partial charge >= 0.3 is 43.1 Å². The van der Waals surface area contributed by atoms with Gasteiger partial charge in [0.1, 0.15) is 0 Å². The van der Waals surface area contributed by atoms with Crippen LogP contribution in [0.25, 0.3) is 0 Å². The molecule has 0 aromatic rings. The first-order chi connectivity index (χ1) is 5.75. The molecule has 0 heterocycles. The Bertz CT molecular complexity index is 192. The van der Waals surface area contributed by atoms with Gasteiger partial charge < -0.3 is 1.43 Å². The van der Waals surface area contributed by atoms with Crippen LogP contribution in [0.3, 0.4) is 0 Å². The third-order valence-corrected chi connectivity index (χ3v) is 1.11. The summed E-state index contributed by atoms with van der Waals surface area (Å²) in [6.45, 7) is 0. The minimum Gasteiger partial charge on any atom is -1.00 e. The van der Waals surface area contributed by atoms with E-state index in [0.717, 1.165) is 0 Å². The van der Waals surface area contributed by atoms with Gasteiger partial charge in [-0.1, -0.05) is 0 Å². The van der Waals surface area contributed by atoms with Crippen LogP contribution in [0.5, 0.6) is 0 Å². The zero-order valence-corrected chi connectivity index (χ0v) is 6.78. The van der Waals surface area contributed by atoms with Crippen LogP contribution in [0.4, 0.5) is 43.9 Å². The average molecular weight is 246 g/mol. The molecule has 0 saturated heterocycles. The second-order valence-electron chi connectivity index (χ2n) is 2.14. The van der Waals surface area contributed by atoms with E-state index < -0.39 is 24.2 Å². The number of hydrogen-bond acceptors (Lipinski definition) is 0. The molecule has 0 aliphatic rings. The maximum absolute atomic E-state index is 11.6. The van der Waals surface area contributed by atoms with Gasteiger partial charge in [-0.05, 0) is 0 Å². The molecule has 0 aromatic heterocycles. The van der Waals surface area contributed by atoms with Gasteiger partial charge in [0.15, 0.2) is 0 Å². The monoisotopic (exact) mass is 246 g/mol. The number of alkyl halides is 10. The van der Waals surface area contributed by atoms with E-state index in [1.165, 1.54) is 0 Å². The minimum absolute atomic E-state index is 0. The molecule has 0 saturated carbocycles. The number of halogens is 10. The number of hydrogen-bond donors (Lipinski definition) is 0. The molecule has 0 fully saturated rings. The largest absolute Gasteiger partial charge is 1.00 e.